The molecule has 1 aromatic carbocycles. The van der Waals surface area contributed by atoms with Crippen LogP contribution in [0.25, 0.3) is 0 Å². The van der Waals surface area contributed by atoms with Gasteiger partial charge in [-0.1, -0.05) is 6.07 Å². The van der Waals surface area contributed by atoms with Crippen molar-refractivity contribution in [1.82, 2.24) is 10.3 Å². The standard InChI is InChI=1S/C15H17N3O2/c1-10-3-4-11(8-17-10)9-18-15(19)12-5-13(16)7-14(6-12)20-2/h3-8H,9,16H2,1-2H3,(H,18,19). The lowest BCUT2D eigenvalue weighted by atomic mass is 10.1. The molecule has 0 radical (unpaired) electrons. The maximum absolute atomic E-state index is 12.1. The van der Waals surface area contributed by atoms with Gasteiger partial charge in [0, 0.05) is 35.8 Å². The lowest BCUT2D eigenvalue weighted by Crippen LogP contribution is -2.23. The zero-order valence-electron chi connectivity index (χ0n) is 11.5. The summed E-state index contributed by atoms with van der Waals surface area (Å²) in [6, 6.07) is 8.78. The van der Waals surface area contributed by atoms with E-state index in [9.17, 15) is 4.79 Å². The van der Waals surface area contributed by atoms with Crippen molar-refractivity contribution in [1.29, 1.82) is 0 Å². The van der Waals surface area contributed by atoms with Crippen LogP contribution in [0.15, 0.2) is 36.5 Å². The minimum atomic E-state index is -0.198. The van der Waals surface area contributed by atoms with Crippen molar-refractivity contribution in [3.05, 3.63) is 53.3 Å². The molecule has 0 atom stereocenters. The Bertz CT molecular complexity index is 609. The number of nitrogen functional groups attached to an aromatic ring is 1. The zero-order chi connectivity index (χ0) is 14.5. The normalized spacial score (nSPS) is 10.1. The van der Waals surface area contributed by atoms with Gasteiger partial charge in [-0.2, -0.15) is 0 Å². The number of ether oxygens (including phenoxy) is 1. The third-order valence-electron chi connectivity index (χ3n) is 2.85. The maximum Gasteiger partial charge on any atom is 0.251 e. The molecular formula is C15H17N3O2. The lowest BCUT2D eigenvalue weighted by molar-refractivity contribution is 0.0950. The summed E-state index contributed by atoms with van der Waals surface area (Å²) in [5, 5.41) is 2.82. The molecule has 2 rings (SSSR count). The van der Waals surface area contributed by atoms with Crippen LogP contribution in [0, 0.1) is 6.92 Å². The first-order valence-corrected chi connectivity index (χ1v) is 6.23. The molecule has 0 saturated heterocycles. The number of carbonyl (C=O) groups is 1. The van der Waals surface area contributed by atoms with Crippen molar-refractivity contribution < 1.29 is 9.53 Å². The lowest BCUT2D eigenvalue weighted by Gasteiger charge is -2.08. The summed E-state index contributed by atoms with van der Waals surface area (Å²) in [6.45, 7) is 2.34. The van der Waals surface area contributed by atoms with Crippen LogP contribution >= 0.6 is 0 Å². The number of aryl methyl sites for hydroxylation is 1. The van der Waals surface area contributed by atoms with E-state index < -0.39 is 0 Å². The first-order chi connectivity index (χ1) is 9.58. The van der Waals surface area contributed by atoms with Crippen molar-refractivity contribution in [3.63, 3.8) is 0 Å². The molecule has 0 spiro atoms. The van der Waals surface area contributed by atoms with Gasteiger partial charge in [0.25, 0.3) is 5.91 Å². The van der Waals surface area contributed by atoms with Crippen LogP contribution in [-0.4, -0.2) is 18.0 Å². The Hall–Kier alpha value is -2.56. The van der Waals surface area contributed by atoms with Gasteiger partial charge in [-0.05, 0) is 30.7 Å². The number of amides is 1. The summed E-state index contributed by atoms with van der Waals surface area (Å²) < 4.78 is 5.09. The largest absolute Gasteiger partial charge is 0.497 e. The average molecular weight is 271 g/mol. The van der Waals surface area contributed by atoms with E-state index in [2.05, 4.69) is 10.3 Å². The van der Waals surface area contributed by atoms with Gasteiger partial charge in [0.15, 0.2) is 0 Å². The second-order valence-corrected chi connectivity index (χ2v) is 4.49. The first-order valence-electron chi connectivity index (χ1n) is 6.23. The average Bonchev–Trinajstić information content (AvgIpc) is 2.45. The predicted molar refractivity (Wildman–Crippen MR) is 77.6 cm³/mol. The second-order valence-electron chi connectivity index (χ2n) is 4.49. The summed E-state index contributed by atoms with van der Waals surface area (Å²) in [4.78, 5) is 16.2. The van der Waals surface area contributed by atoms with Gasteiger partial charge in [0.05, 0.1) is 7.11 Å². The molecule has 0 fully saturated rings. The number of methoxy groups -OCH3 is 1. The number of rotatable bonds is 4. The fraction of sp³-hybridized carbons (Fsp3) is 0.200. The molecule has 1 amide bonds. The van der Waals surface area contributed by atoms with E-state index in [1.165, 1.54) is 7.11 Å². The highest BCUT2D eigenvalue weighted by atomic mass is 16.5. The van der Waals surface area contributed by atoms with E-state index in [0.29, 0.717) is 23.5 Å². The Morgan fingerprint density at radius 2 is 2.15 bits per heavy atom. The Morgan fingerprint density at radius 3 is 2.80 bits per heavy atom. The Kier molecular flexibility index (Phi) is 4.20. The molecule has 3 N–H and O–H groups in total. The highest BCUT2D eigenvalue weighted by Crippen LogP contribution is 2.18. The highest BCUT2D eigenvalue weighted by molar-refractivity contribution is 5.95. The van der Waals surface area contributed by atoms with Gasteiger partial charge in [-0.15, -0.1) is 0 Å². The Morgan fingerprint density at radius 1 is 1.35 bits per heavy atom. The van der Waals surface area contributed by atoms with E-state index in [1.807, 2.05) is 19.1 Å². The van der Waals surface area contributed by atoms with E-state index >= 15 is 0 Å². The van der Waals surface area contributed by atoms with Crippen molar-refractivity contribution in [2.24, 2.45) is 0 Å². The van der Waals surface area contributed by atoms with Crippen molar-refractivity contribution in [3.8, 4) is 5.75 Å². The number of aromatic nitrogens is 1. The third-order valence-corrected chi connectivity index (χ3v) is 2.85. The number of benzene rings is 1. The molecule has 1 aromatic heterocycles. The van der Waals surface area contributed by atoms with E-state index in [4.69, 9.17) is 10.5 Å². The highest BCUT2D eigenvalue weighted by Gasteiger charge is 2.08. The Labute approximate surface area is 117 Å². The number of anilines is 1. The smallest absolute Gasteiger partial charge is 0.251 e. The fourth-order valence-electron chi connectivity index (χ4n) is 1.76. The van der Waals surface area contributed by atoms with Gasteiger partial charge in [0.1, 0.15) is 5.75 Å². The van der Waals surface area contributed by atoms with E-state index in [-0.39, 0.29) is 5.91 Å². The van der Waals surface area contributed by atoms with Crippen molar-refractivity contribution >= 4 is 11.6 Å². The molecule has 0 bridgehead atoms. The van der Waals surface area contributed by atoms with E-state index in [1.54, 1.807) is 24.4 Å². The van der Waals surface area contributed by atoms with Crippen LogP contribution < -0.4 is 15.8 Å². The number of nitrogens with zero attached hydrogens (tertiary/aromatic N) is 1. The molecule has 0 aliphatic heterocycles. The minimum Gasteiger partial charge on any atom is -0.497 e. The minimum absolute atomic E-state index is 0.198. The molecule has 0 saturated carbocycles. The molecule has 2 aromatic rings. The number of nitrogens with two attached hydrogens (primary N) is 1. The number of pyridine rings is 1. The van der Waals surface area contributed by atoms with Gasteiger partial charge >= 0.3 is 0 Å². The topological polar surface area (TPSA) is 77.2 Å². The van der Waals surface area contributed by atoms with Crippen LogP contribution in [0.1, 0.15) is 21.6 Å². The maximum atomic E-state index is 12.1. The molecule has 104 valence electrons. The SMILES string of the molecule is COc1cc(N)cc(C(=O)NCc2ccc(C)nc2)c1. The van der Waals surface area contributed by atoms with Gasteiger partial charge in [0.2, 0.25) is 0 Å². The quantitative estimate of drug-likeness (QED) is 0.833. The molecule has 5 nitrogen and oxygen atoms in total. The molecule has 0 aliphatic rings. The van der Waals surface area contributed by atoms with Gasteiger partial charge in [-0.25, -0.2) is 0 Å². The summed E-state index contributed by atoms with van der Waals surface area (Å²) in [7, 11) is 1.54. The molecule has 0 aliphatic carbocycles. The molecule has 0 unspecified atom stereocenters. The van der Waals surface area contributed by atoms with Crippen LogP contribution in [0.4, 0.5) is 5.69 Å². The first kappa shape index (κ1) is 13.9. The Balaban J connectivity index is 2.04. The number of carbonyl (C=O) groups excluding carboxylic acids is 1. The monoisotopic (exact) mass is 271 g/mol. The molecule has 5 heteroatoms. The molecular weight excluding hydrogens is 254 g/mol. The summed E-state index contributed by atoms with van der Waals surface area (Å²) in [5.74, 6) is 0.364. The van der Waals surface area contributed by atoms with Crippen LogP contribution in [0.5, 0.6) is 5.75 Å². The van der Waals surface area contributed by atoms with Crippen LogP contribution in [0.2, 0.25) is 0 Å². The second kappa shape index (κ2) is 6.06. The summed E-state index contributed by atoms with van der Waals surface area (Å²) in [5.41, 5.74) is 8.58. The van der Waals surface area contributed by atoms with Crippen LogP contribution in [-0.2, 0) is 6.54 Å². The fourth-order valence-corrected chi connectivity index (χ4v) is 1.76. The number of hydrogen-bond donors (Lipinski definition) is 2. The van der Waals surface area contributed by atoms with E-state index in [0.717, 1.165) is 11.3 Å². The van der Waals surface area contributed by atoms with Crippen LogP contribution in [0.3, 0.4) is 0 Å². The van der Waals surface area contributed by atoms with Gasteiger partial charge in [-0.3, -0.25) is 9.78 Å². The summed E-state index contributed by atoms with van der Waals surface area (Å²) in [6.07, 6.45) is 1.75. The van der Waals surface area contributed by atoms with Crippen molar-refractivity contribution in [2.45, 2.75) is 13.5 Å². The molecule has 1 heterocycles. The van der Waals surface area contributed by atoms with Crippen molar-refractivity contribution in [2.75, 3.05) is 12.8 Å². The number of nitrogens with one attached hydrogen (secondary N) is 1. The zero-order valence-corrected chi connectivity index (χ0v) is 11.5. The molecule has 20 heavy (non-hydrogen) atoms. The predicted octanol–water partition coefficient (Wildman–Crippen LogP) is 1.91. The summed E-state index contributed by atoms with van der Waals surface area (Å²) >= 11 is 0. The third kappa shape index (κ3) is 3.47. The number of hydrogen-bond acceptors (Lipinski definition) is 4. The van der Waals surface area contributed by atoms with Gasteiger partial charge < -0.3 is 15.8 Å².